The van der Waals surface area contributed by atoms with Crippen LogP contribution in [0.4, 0.5) is 0 Å². The molecule has 0 aliphatic heterocycles. The summed E-state index contributed by atoms with van der Waals surface area (Å²) in [5.74, 6) is -0.136. The Morgan fingerprint density at radius 2 is 2.00 bits per heavy atom. The molecule has 0 radical (unpaired) electrons. The molecule has 1 rings (SSSR count). The van der Waals surface area contributed by atoms with Gasteiger partial charge in [0.15, 0.2) is 0 Å². The molecule has 1 amide bonds. The number of nitrogens with one attached hydrogen (secondary N) is 2. The highest BCUT2D eigenvalue weighted by Gasteiger charge is 2.16. The minimum Gasteiger partial charge on any atom is -0.291 e. The van der Waals surface area contributed by atoms with Crippen LogP contribution in [0.2, 0.25) is 0 Å². The third kappa shape index (κ3) is 2.80. The lowest BCUT2D eigenvalue weighted by atomic mass is 9.94. The van der Waals surface area contributed by atoms with E-state index in [1.165, 1.54) is 5.56 Å². The molecule has 0 bridgehead atoms. The first-order valence-corrected chi connectivity index (χ1v) is 5.10. The molecule has 0 saturated heterocycles. The van der Waals surface area contributed by atoms with Crippen molar-refractivity contribution in [2.24, 2.45) is 0 Å². The van der Waals surface area contributed by atoms with Crippen LogP contribution in [0.25, 0.3) is 0 Å². The summed E-state index contributed by atoms with van der Waals surface area (Å²) in [5, 5.41) is 0. The van der Waals surface area contributed by atoms with E-state index in [1.54, 1.807) is 7.05 Å². The van der Waals surface area contributed by atoms with Crippen molar-refractivity contribution in [3.05, 3.63) is 34.9 Å². The van der Waals surface area contributed by atoms with Crippen molar-refractivity contribution in [2.45, 2.75) is 26.7 Å². The van der Waals surface area contributed by atoms with E-state index in [1.807, 2.05) is 26.8 Å². The molecule has 0 aliphatic rings. The SMILES string of the molecule is CNNC(=O)C(C)c1cc(C)ccc1C. The van der Waals surface area contributed by atoms with E-state index in [4.69, 9.17) is 0 Å². The predicted molar refractivity (Wildman–Crippen MR) is 61.5 cm³/mol. The number of amides is 1. The Kier molecular flexibility index (Phi) is 3.86. The molecular formula is C12H18N2O. The van der Waals surface area contributed by atoms with Crippen molar-refractivity contribution in [2.75, 3.05) is 7.05 Å². The van der Waals surface area contributed by atoms with Gasteiger partial charge in [-0.25, -0.2) is 5.43 Å². The monoisotopic (exact) mass is 206 g/mol. The molecule has 3 heteroatoms. The van der Waals surface area contributed by atoms with Crippen molar-refractivity contribution in [3.8, 4) is 0 Å². The average molecular weight is 206 g/mol. The normalized spacial score (nSPS) is 12.3. The summed E-state index contributed by atoms with van der Waals surface area (Å²) < 4.78 is 0. The molecule has 0 heterocycles. The van der Waals surface area contributed by atoms with Crippen molar-refractivity contribution >= 4 is 5.91 Å². The number of hydrazine groups is 1. The maximum absolute atomic E-state index is 11.6. The van der Waals surface area contributed by atoms with Crippen LogP contribution in [0.15, 0.2) is 18.2 Å². The van der Waals surface area contributed by atoms with Gasteiger partial charge >= 0.3 is 0 Å². The zero-order valence-electron chi connectivity index (χ0n) is 9.72. The van der Waals surface area contributed by atoms with Crippen LogP contribution in [-0.4, -0.2) is 13.0 Å². The highest BCUT2D eigenvalue weighted by molar-refractivity contribution is 5.83. The van der Waals surface area contributed by atoms with Gasteiger partial charge in [-0.1, -0.05) is 23.8 Å². The summed E-state index contributed by atoms with van der Waals surface area (Å²) in [7, 11) is 1.69. The van der Waals surface area contributed by atoms with Gasteiger partial charge in [0.2, 0.25) is 5.91 Å². The van der Waals surface area contributed by atoms with E-state index in [0.29, 0.717) is 0 Å². The summed E-state index contributed by atoms with van der Waals surface area (Å²) in [6.07, 6.45) is 0. The molecule has 0 spiro atoms. The number of benzene rings is 1. The third-order valence-corrected chi connectivity index (χ3v) is 2.54. The summed E-state index contributed by atoms with van der Waals surface area (Å²) in [6, 6.07) is 6.17. The Labute approximate surface area is 90.9 Å². The zero-order valence-corrected chi connectivity index (χ0v) is 9.72. The van der Waals surface area contributed by atoms with Crippen LogP contribution in [0.1, 0.15) is 29.5 Å². The summed E-state index contributed by atoms with van der Waals surface area (Å²) in [5.41, 5.74) is 8.67. The molecule has 3 nitrogen and oxygen atoms in total. The molecule has 1 aromatic rings. The molecule has 1 aromatic carbocycles. The third-order valence-electron chi connectivity index (χ3n) is 2.54. The van der Waals surface area contributed by atoms with Crippen LogP contribution in [0.5, 0.6) is 0 Å². The second-order valence-corrected chi connectivity index (χ2v) is 3.82. The van der Waals surface area contributed by atoms with E-state index in [2.05, 4.69) is 23.0 Å². The minimum atomic E-state index is -0.127. The summed E-state index contributed by atoms with van der Waals surface area (Å²) in [6.45, 7) is 5.97. The molecule has 0 aliphatic carbocycles. The van der Waals surface area contributed by atoms with E-state index in [0.717, 1.165) is 11.1 Å². The molecule has 0 fully saturated rings. The first kappa shape index (κ1) is 11.7. The molecule has 0 aromatic heterocycles. The number of carbonyl (C=O) groups excluding carboxylic acids is 1. The Balaban J connectivity index is 2.94. The largest absolute Gasteiger partial charge is 0.291 e. The topological polar surface area (TPSA) is 41.1 Å². The van der Waals surface area contributed by atoms with Gasteiger partial charge in [-0.05, 0) is 31.9 Å². The lowest BCUT2D eigenvalue weighted by Crippen LogP contribution is -2.37. The van der Waals surface area contributed by atoms with Crippen LogP contribution in [-0.2, 0) is 4.79 Å². The van der Waals surface area contributed by atoms with E-state index < -0.39 is 0 Å². The van der Waals surface area contributed by atoms with Crippen LogP contribution >= 0.6 is 0 Å². The van der Waals surface area contributed by atoms with Crippen molar-refractivity contribution in [3.63, 3.8) is 0 Å². The Morgan fingerprint density at radius 3 is 2.60 bits per heavy atom. The fourth-order valence-corrected chi connectivity index (χ4v) is 1.60. The zero-order chi connectivity index (χ0) is 11.4. The van der Waals surface area contributed by atoms with Gasteiger partial charge in [-0.2, -0.15) is 0 Å². The Hall–Kier alpha value is -1.35. The Bertz CT molecular complexity index is 361. The molecule has 1 unspecified atom stereocenters. The maximum Gasteiger partial charge on any atom is 0.241 e. The lowest BCUT2D eigenvalue weighted by Gasteiger charge is -2.14. The standard InChI is InChI=1S/C12H18N2O/c1-8-5-6-9(2)11(7-8)10(3)12(15)14-13-4/h5-7,10,13H,1-4H3,(H,14,15). The lowest BCUT2D eigenvalue weighted by molar-refractivity contribution is -0.123. The molecule has 1 atom stereocenters. The molecule has 82 valence electrons. The second-order valence-electron chi connectivity index (χ2n) is 3.82. The Morgan fingerprint density at radius 1 is 1.33 bits per heavy atom. The van der Waals surface area contributed by atoms with E-state index >= 15 is 0 Å². The second kappa shape index (κ2) is 4.94. The highest BCUT2D eigenvalue weighted by atomic mass is 16.2. The van der Waals surface area contributed by atoms with Gasteiger partial charge in [0.1, 0.15) is 0 Å². The van der Waals surface area contributed by atoms with E-state index in [-0.39, 0.29) is 11.8 Å². The fourth-order valence-electron chi connectivity index (χ4n) is 1.60. The van der Waals surface area contributed by atoms with Gasteiger partial charge in [0.25, 0.3) is 0 Å². The quantitative estimate of drug-likeness (QED) is 0.738. The molecule has 2 N–H and O–H groups in total. The van der Waals surface area contributed by atoms with Crippen molar-refractivity contribution < 1.29 is 4.79 Å². The number of aryl methyl sites for hydroxylation is 2. The number of hydrogen-bond acceptors (Lipinski definition) is 2. The predicted octanol–water partition coefficient (Wildman–Crippen LogP) is 1.66. The fraction of sp³-hybridized carbons (Fsp3) is 0.417. The highest BCUT2D eigenvalue weighted by Crippen LogP contribution is 2.20. The van der Waals surface area contributed by atoms with Gasteiger partial charge in [0.05, 0.1) is 5.92 Å². The smallest absolute Gasteiger partial charge is 0.241 e. The molecular weight excluding hydrogens is 188 g/mol. The first-order valence-electron chi connectivity index (χ1n) is 5.10. The van der Waals surface area contributed by atoms with Crippen LogP contribution < -0.4 is 10.9 Å². The van der Waals surface area contributed by atoms with Gasteiger partial charge in [-0.3, -0.25) is 10.2 Å². The summed E-state index contributed by atoms with van der Waals surface area (Å²) >= 11 is 0. The van der Waals surface area contributed by atoms with E-state index in [9.17, 15) is 4.79 Å². The number of rotatable bonds is 3. The van der Waals surface area contributed by atoms with Crippen molar-refractivity contribution in [1.82, 2.24) is 10.9 Å². The number of carbonyl (C=O) groups is 1. The summed E-state index contributed by atoms with van der Waals surface area (Å²) in [4.78, 5) is 11.6. The van der Waals surface area contributed by atoms with Gasteiger partial charge in [0, 0.05) is 7.05 Å². The van der Waals surface area contributed by atoms with Gasteiger partial charge in [-0.15, -0.1) is 0 Å². The van der Waals surface area contributed by atoms with Crippen LogP contribution in [0.3, 0.4) is 0 Å². The van der Waals surface area contributed by atoms with Gasteiger partial charge < -0.3 is 0 Å². The number of hydrogen-bond donors (Lipinski definition) is 2. The molecule has 15 heavy (non-hydrogen) atoms. The average Bonchev–Trinajstić information content (AvgIpc) is 2.21. The first-order chi connectivity index (χ1) is 7.06. The minimum absolute atomic E-state index is 0.00815. The van der Waals surface area contributed by atoms with Crippen molar-refractivity contribution in [1.29, 1.82) is 0 Å². The molecule has 0 saturated carbocycles. The van der Waals surface area contributed by atoms with Crippen LogP contribution in [0, 0.1) is 13.8 Å². The maximum atomic E-state index is 11.6.